The zero-order valence-corrected chi connectivity index (χ0v) is 18.6. The minimum Gasteiger partial charge on any atom is -0.507 e. The summed E-state index contributed by atoms with van der Waals surface area (Å²) in [7, 11) is 0. The molecule has 0 aliphatic carbocycles. The molecule has 2 aromatic carbocycles. The maximum atomic E-state index is 13.3. The van der Waals surface area contributed by atoms with Gasteiger partial charge in [-0.05, 0) is 35.6 Å². The van der Waals surface area contributed by atoms with Gasteiger partial charge in [-0.2, -0.15) is 5.10 Å². The van der Waals surface area contributed by atoms with Crippen molar-refractivity contribution in [1.29, 1.82) is 0 Å². The number of hydrogen-bond donors (Lipinski definition) is 2. The van der Waals surface area contributed by atoms with Gasteiger partial charge in [0.1, 0.15) is 5.75 Å². The molecule has 7 nitrogen and oxygen atoms in total. The Labute approximate surface area is 188 Å². The fourth-order valence-electron chi connectivity index (χ4n) is 4.69. The monoisotopic (exact) mass is 434 g/mol. The molecule has 0 atom stereocenters. The van der Waals surface area contributed by atoms with E-state index in [0.29, 0.717) is 18.7 Å². The van der Waals surface area contributed by atoms with Crippen molar-refractivity contribution in [3.05, 3.63) is 58.3 Å². The van der Waals surface area contributed by atoms with E-state index in [4.69, 9.17) is 4.74 Å². The summed E-state index contributed by atoms with van der Waals surface area (Å²) in [6.07, 6.45) is 2.98. The fraction of sp³-hybridized carbons (Fsp3) is 0.440. The number of nitrogens with zero attached hydrogens (tertiary/aromatic N) is 3. The van der Waals surface area contributed by atoms with Crippen molar-refractivity contribution < 1.29 is 14.6 Å². The molecule has 0 saturated carbocycles. The van der Waals surface area contributed by atoms with Gasteiger partial charge < -0.3 is 14.7 Å². The van der Waals surface area contributed by atoms with Crippen molar-refractivity contribution in [1.82, 2.24) is 20.0 Å². The molecule has 3 heterocycles. The van der Waals surface area contributed by atoms with E-state index in [2.05, 4.69) is 40.2 Å². The molecule has 1 amide bonds. The fourth-order valence-corrected chi connectivity index (χ4v) is 4.69. The third kappa shape index (κ3) is 4.10. The first-order valence-corrected chi connectivity index (χ1v) is 11.5. The SMILES string of the molecule is CCCCc1n[nH]c2cc(O)c(C(=O)N3Cc4ccc(CN5CCOCC5)cc4C3)cc12. The normalized spacial score (nSPS) is 16.6. The number of hydrogen-bond acceptors (Lipinski definition) is 5. The lowest BCUT2D eigenvalue weighted by Crippen LogP contribution is -2.35. The average Bonchev–Trinajstić information content (AvgIpc) is 3.40. The van der Waals surface area contributed by atoms with Crippen LogP contribution in [0.2, 0.25) is 0 Å². The molecule has 0 unspecified atom stereocenters. The zero-order chi connectivity index (χ0) is 22.1. The minimum atomic E-state index is -0.141. The maximum Gasteiger partial charge on any atom is 0.258 e. The van der Waals surface area contributed by atoms with Crippen molar-refractivity contribution >= 4 is 16.8 Å². The second kappa shape index (κ2) is 8.92. The van der Waals surface area contributed by atoms with Crippen molar-refractivity contribution in [2.24, 2.45) is 0 Å². The summed E-state index contributed by atoms with van der Waals surface area (Å²) in [6.45, 7) is 7.68. The number of aromatic nitrogens is 2. The summed E-state index contributed by atoms with van der Waals surface area (Å²) in [5.74, 6) is -0.143. The number of rotatable bonds is 6. The van der Waals surface area contributed by atoms with Gasteiger partial charge in [-0.3, -0.25) is 14.8 Å². The van der Waals surface area contributed by atoms with Crippen LogP contribution in [0.4, 0.5) is 0 Å². The van der Waals surface area contributed by atoms with E-state index < -0.39 is 0 Å². The van der Waals surface area contributed by atoms with Crippen molar-refractivity contribution in [2.75, 3.05) is 26.3 Å². The van der Waals surface area contributed by atoms with Gasteiger partial charge in [-0.25, -0.2) is 0 Å². The Morgan fingerprint density at radius 2 is 1.97 bits per heavy atom. The Morgan fingerprint density at radius 1 is 1.16 bits per heavy atom. The van der Waals surface area contributed by atoms with Gasteiger partial charge in [-0.1, -0.05) is 31.5 Å². The van der Waals surface area contributed by atoms with E-state index in [1.807, 2.05) is 4.90 Å². The number of ether oxygens (including phenoxy) is 1. The van der Waals surface area contributed by atoms with Crippen LogP contribution in [0.3, 0.4) is 0 Å². The van der Waals surface area contributed by atoms with Gasteiger partial charge in [0.25, 0.3) is 5.91 Å². The number of amides is 1. The van der Waals surface area contributed by atoms with E-state index >= 15 is 0 Å². The Hall–Kier alpha value is -2.90. The van der Waals surface area contributed by atoms with E-state index in [-0.39, 0.29) is 11.7 Å². The van der Waals surface area contributed by atoms with Gasteiger partial charge in [-0.15, -0.1) is 0 Å². The predicted molar refractivity (Wildman–Crippen MR) is 122 cm³/mol. The van der Waals surface area contributed by atoms with Gasteiger partial charge in [0, 0.05) is 44.2 Å². The molecule has 2 aliphatic rings. The molecule has 5 rings (SSSR count). The van der Waals surface area contributed by atoms with Gasteiger partial charge in [0.05, 0.1) is 30.0 Å². The Kier molecular flexibility index (Phi) is 5.85. The highest BCUT2D eigenvalue weighted by Crippen LogP contribution is 2.31. The summed E-state index contributed by atoms with van der Waals surface area (Å²) in [6, 6.07) is 9.95. The second-order valence-corrected chi connectivity index (χ2v) is 8.84. The third-order valence-electron chi connectivity index (χ3n) is 6.55. The standard InChI is InChI=1S/C25H30N4O3/c1-2-3-4-22-20-12-21(24(30)13-23(20)27-26-22)25(31)29-15-18-6-5-17(11-19(18)16-29)14-28-7-9-32-10-8-28/h5-6,11-13,30H,2-4,7-10,14-16H2,1H3,(H,26,27). The summed E-state index contributed by atoms with van der Waals surface area (Å²) in [5, 5.41) is 18.8. The number of aryl methyl sites for hydroxylation is 1. The summed E-state index contributed by atoms with van der Waals surface area (Å²) in [4.78, 5) is 17.6. The Balaban J connectivity index is 1.34. The van der Waals surface area contributed by atoms with Crippen LogP contribution < -0.4 is 0 Å². The van der Waals surface area contributed by atoms with Crippen LogP contribution in [0.15, 0.2) is 30.3 Å². The summed E-state index contributed by atoms with van der Waals surface area (Å²) < 4.78 is 5.44. The first kappa shape index (κ1) is 21.0. The lowest BCUT2D eigenvalue weighted by atomic mass is 10.1. The molecule has 0 bridgehead atoms. The highest BCUT2D eigenvalue weighted by atomic mass is 16.5. The quantitative estimate of drug-likeness (QED) is 0.620. The van der Waals surface area contributed by atoms with Crippen LogP contribution in [-0.2, 0) is 30.8 Å². The number of unbranched alkanes of at least 4 members (excludes halogenated alkanes) is 1. The number of carbonyl (C=O) groups is 1. The molecule has 32 heavy (non-hydrogen) atoms. The molecular formula is C25H30N4O3. The largest absolute Gasteiger partial charge is 0.507 e. The van der Waals surface area contributed by atoms with E-state index in [1.54, 1.807) is 12.1 Å². The molecule has 168 valence electrons. The molecule has 2 N–H and O–H groups in total. The third-order valence-corrected chi connectivity index (χ3v) is 6.55. The average molecular weight is 435 g/mol. The number of phenolic OH excluding ortho intramolecular Hbond substituents is 1. The first-order valence-electron chi connectivity index (χ1n) is 11.5. The number of phenols is 1. The second-order valence-electron chi connectivity index (χ2n) is 8.84. The number of aromatic hydroxyl groups is 1. The van der Waals surface area contributed by atoms with Gasteiger partial charge >= 0.3 is 0 Å². The number of carbonyl (C=O) groups excluding carboxylic acids is 1. The van der Waals surface area contributed by atoms with E-state index in [0.717, 1.165) is 68.7 Å². The molecule has 7 heteroatoms. The van der Waals surface area contributed by atoms with Crippen LogP contribution >= 0.6 is 0 Å². The predicted octanol–water partition coefficient (Wildman–Crippen LogP) is 3.60. The summed E-state index contributed by atoms with van der Waals surface area (Å²) >= 11 is 0. The number of benzene rings is 2. The van der Waals surface area contributed by atoms with Crippen LogP contribution in [0.5, 0.6) is 5.75 Å². The molecule has 1 aromatic heterocycles. The number of aromatic amines is 1. The minimum absolute atomic E-state index is 0.00264. The molecule has 0 radical (unpaired) electrons. The molecule has 3 aromatic rings. The Morgan fingerprint density at radius 3 is 2.78 bits per heavy atom. The lowest BCUT2D eigenvalue weighted by molar-refractivity contribution is 0.0342. The Bertz CT molecular complexity index is 1130. The van der Waals surface area contributed by atoms with Crippen LogP contribution in [-0.4, -0.2) is 57.3 Å². The lowest BCUT2D eigenvalue weighted by Gasteiger charge is -2.26. The maximum absolute atomic E-state index is 13.3. The van der Waals surface area contributed by atoms with E-state index in [9.17, 15) is 9.90 Å². The molecule has 1 fully saturated rings. The van der Waals surface area contributed by atoms with Crippen LogP contribution in [0.25, 0.3) is 10.9 Å². The van der Waals surface area contributed by atoms with Gasteiger partial charge in [0.15, 0.2) is 0 Å². The molecular weight excluding hydrogens is 404 g/mol. The topological polar surface area (TPSA) is 81.7 Å². The van der Waals surface area contributed by atoms with Crippen LogP contribution in [0, 0.1) is 0 Å². The first-order chi connectivity index (χ1) is 15.6. The number of nitrogens with one attached hydrogen (secondary N) is 1. The van der Waals surface area contributed by atoms with Crippen molar-refractivity contribution in [3.63, 3.8) is 0 Å². The molecule has 2 aliphatic heterocycles. The van der Waals surface area contributed by atoms with E-state index in [1.165, 1.54) is 16.7 Å². The highest BCUT2D eigenvalue weighted by Gasteiger charge is 2.27. The summed E-state index contributed by atoms with van der Waals surface area (Å²) in [5.41, 5.74) is 5.70. The van der Waals surface area contributed by atoms with Crippen molar-refractivity contribution in [2.45, 2.75) is 45.8 Å². The van der Waals surface area contributed by atoms with Crippen LogP contribution in [0.1, 0.15) is 52.5 Å². The highest BCUT2D eigenvalue weighted by molar-refractivity contribution is 6.01. The molecule has 0 spiro atoms. The number of H-pyrrole nitrogens is 1. The number of morpholine rings is 1. The van der Waals surface area contributed by atoms with Gasteiger partial charge in [0.2, 0.25) is 0 Å². The van der Waals surface area contributed by atoms with Crippen molar-refractivity contribution in [3.8, 4) is 5.75 Å². The number of fused-ring (bicyclic) bond motifs is 2. The molecule has 1 saturated heterocycles. The smallest absolute Gasteiger partial charge is 0.258 e. The zero-order valence-electron chi connectivity index (χ0n) is 18.6.